The Hall–Kier alpha value is -4.16. The van der Waals surface area contributed by atoms with Crippen LogP contribution >= 0.6 is 0 Å². The smallest absolute Gasteiger partial charge is 0.416 e. The summed E-state index contributed by atoms with van der Waals surface area (Å²) in [5.74, 6) is -1.75. The van der Waals surface area contributed by atoms with Crippen LogP contribution in [0.2, 0.25) is 0 Å². The number of nitrogens with one attached hydrogen (secondary N) is 2. The number of Topliss-reactive ketones (excluding diaryl/α,β-unsaturated/α-hetero) is 1. The maximum atomic E-state index is 13.3. The zero-order valence-electron chi connectivity index (χ0n) is 22.7. The number of hydrogen-bond donors (Lipinski definition) is 3. The van der Waals surface area contributed by atoms with Crippen molar-refractivity contribution in [1.29, 1.82) is 0 Å². The van der Waals surface area contributed by atoms with E-state index in [0.717, 1.165) is 17.0 Å². The van der Waals surface area contributed by atoms with Crippen molar-refractivity contribution < 1.29 is 32.7 Å². The first kappa shape index (κ1) is 30.4. The molecule has 2 heterocycles. The molecule has 3 N–H and O–H groups in total. The molecule has 1 aromatic carbocycles. The van der Waals surface area contributed by atoms with E-state index in [1.165, 1.54) is 29.1 Å². The average molecular weight is 563 g/mol. The predicted molar refractivity (Wildman–Crippen MR) is 141 cm³/mol. The van der Waals surface area contributed by atoms with E-state index in [1.807, 2.05) is 27.7 Å². The Balaban J connectivity index is 1.91. The molecule has 0 aliphatic heterocycles. The minimum atomic E-state index is -4.46. The Morgan fingerprint density at radius 1 is 1.10 bits per heavy atom. The van der Waals surface area contributed by atoms with Crippen LogP contribution in [0, 0.1) is 5.41 Å². The molecule has 2 amide bonds. The van der Waals surface area contributed by atoms with Crippen molar-refractivity contribution in [2.24, 2.45) is 5.41 Å². The molecule has 216 valence electrons. The second-order valence-corrected chi connectivity index (χ2v) is 10.5. The molecule has 3 rings (SSSR count). The van der Waals surface area contributed by atoms with E-state index in [2.05, 4.69) is 20.6 Å². The van der Waals surface area contributed by atoms with Gasteiger partial charge in [0.05, 0.1) is 23.8 Å². The molecule has 40 heavy (non-hydrogen) atoms. The lowest BCUT2D eigenvalue weighted by Gasteiger charge is -2.42. The van der Waals surface area contributed by atoms with Crippen molar-refractivity contribution in [3.05, 3.63) is 54.4 Å². The number of hydrogen-bond acceptors (Lipinski definition) is 5. The summed E-state index contributed by atoms with van der Waals surface area (Å²) >= 11 is 0. The Labute approximate surface area is 229 Å². The molecule has 2 aromatic heterocycles. The van der Waals surface area contributed by atoms with Crippen molar-refractivity contribution >= 4 is 23.6 Å². The lowest BCUT2D eigenvalue weighted by Crippen LogP contribution is -2.57. The van der Waals surface area contributed by atoms with Crippen molar-refractivity contribution in [2.75, 3.05) is 5.32 Å². The van der Waals surface area contributed by atoms with Gasteiger partial charge in [-0.3, -0.25) is 24.3 Å². The molecular weight excluding hydrogens is 529 g/mol. The van der Waals surface area contributed by atoms with E-state index >= 15 is 0 Å². The zero-order chi connectivity index (χ0) is 29.7. The summed E-state index contributed by atoms with van der Waals surface area (Å²) in [4.78, 5) is 39.8. The van der Waals surface area contributed by atoms with Crippen LogP contribution in [0.15, 0.2) is 48.8 Å². The van der Waals surface area contributed by atoms with Gasteiger partial charge in [0.15, 0.2) is 5.82 Å². The number of aromatic amines is 1. The van der Waals surface area contributed by atoms with E-state index < -0.39 is 47.0 Å². The number of halogens is 3. The molecule has 0 aliphatic rings. The van der Waals surface area contributed by atoms with E-state index in [-0.39, 0.29) is 18.8 Å². The third-order valence-electron chi connectivity index (χ3n) is 6.50. The number of amides is 2. The van der Waals surface area contributed by atoms with Gasteiger partial charge in [0.25, 0.3) is 5.91 Å². The largest absolute Gasteiger partial charge is 0.465 e. The van der Waals surface area contributed by atoms with Crippen molar-refractivity contribution in [3.63, 3.8) is 0 Å². The zero-order valence-corrected chi connectivity index (χ0v) is 22.7. The van der Waals surface area contributed by atoms with Crippen LogP contribution in [0.5, 0.6) is 0 Å². The van der Waals surface area contributed by atoms with Gasteiger partial charge in [-0.2, -0.15) is 23.4 Å². The number of carbonyl (C=O) groups is 3. The summed E-state index contributed by atoms with van der Waals surface area (Å²) < 4.78 is 40.3. The van der Waals surface area contributed by atoms with Crippen LogP contribution in [0.25, 0.3) is 11.3 Å². The summed E-state index contributed by atoms with van der Waals surface area (Å²) in [5, 5.41) is 23.5. The molecule has 10 nitrogen and oxygen atoms in total. The molecule has 0 aliphatic carbocycles. The number of rotatable bonds is 11. The molecule has 0 saturated heterocycles. The Kier molecular flexibility index (Phi) is 9.38. The summed E-state index contributed by atoms with van der Waals surface area (Å²) in [6, 6.07) is 5.60. The van der Waals surface area contributed by atoms with Gasteiger partial charge in [0.2, 0.25) is 5.78 Å². The standard InChI is InChI=1S/C27H33F3N6O4/c1-5-6-7-20(23(37)24(38)32-22-12-14-31-33-22)36(25(39)40)21(26(2,3)4)16-35-15-13-19(34-35)17-8-10-18(11-9-17)27(28,29)30/h8-15,20-21H,5-7,16H2,1-4H3,(H,39,40)(H2,31,32,33,38)/t20-,21-/m0/s1. The summed E-state index contributed by atoms with van der Waals surface area (Å²) in [7, 11) is 0. The third-order valence-corrected chi connectivity index (χ3v) is 6.50. The van der Waals surface area contributed by atoms with Gasteiger partial charge < -0.3 is 10.4 Å². The Morgan fingerprint density at radius 3 is 2.30 bits per heavy atom. The first-order valence-electron chi connectivity index (χ1n) is 12.8. The maximum Gasteiger partial charge on any atom is 0.416 e. The number of unbranched alkanes of at least 4 members (excludes halogenated alkanes) is 1. The number of benzene rings is 1. The monoisotopic (exact) mass is 562 g/mol. The van der Waals surface area contributed by atoms with E-state index in [1.54, 1.807) is 12.3 Å². The highest BCUT2D eigenvalue weighted by Crippen LogP contribution is 2.32. The van der Waals surface area contributed by atoms with Crippen LogP contribution < -0.4 is 5.32 Å². The van der Waals surface area contributed by atoms with Gasteiger partial charge in [0, 0.05) is 24.0 Å². The minimum Gasteiger partial charge on any atom is -0.465 e. The van der Waals surface area contributed by atoms with Crippen molar-refractivity contribution in [2.45, 2.75) is 71.8 Å². The number of ketones is 1. The van der Waals surface area contributed by atoms with Crippen LogP contribution in [0.3, 0.4) is 0 Å². The average Bonchev–Trinajstić information content (AvgIpc) is 3.56. The number of H-pyrrole nitrogens is 1. The molecule has 0 fully saturated rings. The van der Waals surface area contributed by atoms with E-state index in [4.69, 9.17) is 0 Å². The van der Waals surface area contributed by atoms with E-state index in [9.17, 15) is 32.7 Å². The second-order valence-electron chi connectivity index (χ2n) is 10.5. The molecule has 3 aromatic rings. The summed E-state index contributed by atoms with van der Waals surface area (Å²) in [6.07, 6.45) is -1.44. The lowest BCUT2D eigenvalue weighted by molar-refractivity contribution is -0.139. The SMILES string of the molecule is CCCC[C@@H](C(=O)C(=O)Nc1cc[nH]n1)N(C(=O)O)[C@@H](Cn1ccc(-c2ccc(C(F)(F)F)cc2)n1)C(C)(C)C. The first-order valence-corrected chi connectivity index (χ1v) is 12.8. The second kappa shape index (κ2) is 12.3. The predicted octanol–water partition coefficient (Wildman–Crippen LogP) is 5.45. The fourth-order valence-electron chi connectivity index (χ4n) is 4.34. The molecule has 2 atom stereocenters. The number of anilines is 1. The van der Waals surface area contributed by atoms with Gasteiger partial charge in [0.1, 0.15) is 6.04 Å². The van der Waals surface area contributed by atoms with Crippen molar-refractivity contribution in [1.82, 2.24) is 24.9 Å². The molecule has 0 spiro atoms. The fraction of sp³-hybridized carbons (Fsp3) is 0.444. The molecule has 0 radical (unpaired) electrons. The number of nitrogens with zero attached hydrogens (tertiary/aromatic N) is 4. The van der Waals surface area contributed by atoms with Crippen LogP contribution in [-0.2, 0) is 22.3 Å². The quantitative estimate of drug-likeness (QED) is 0.266. The molecule has 0 saturated carbocycles. The minimum absolute atomic E-state index is 0.0350. The lowest BCUT2D eigenvalue weighted by atomic mass is 9.84. The molecular formula is C27H33F3N6O4. The van der Waals surface area contributed by atoms with Crippen molar-refractivity contribution in [3.8, 4) is 11.3 Å². The Morgan fingerprint density at radius 2 is 1.77 bits per heavy atom. The van der Waals surface area contributed by atoms with Gasteiger partial charge in [-0.25, -0.2) is 4.79 Å². The molecule has 13 heteroatoms. The maximum absolute atomic E-state index is 13.3. The number of carbonyl (C=O) groups excluding carboxylic acids is 2. The topological polar surface area (TPSA) is 133 Å². The van der Waals surface area contributed by atoms with Crippen LogP contribution in [0.1, 0.15) is 52.5 Å². The van der Waals surface area contributed by atoms with Gasteiger partial charge in [-0.1, -0.05) is 52.7 Å². The van der Waals surface area contributed by atoms with Gasteiger partial charge >= 0.3 is 12.3 Å². The Bertz CT molecular complexity index is 1300. The molecule has 0 bridgehead atoms. The highest BCUT2D eigenvalue weighted by atomic mass is 19.4. The molecule has 0 unspecified atom stereocenters. The third kappa shape index (κ3) is 7.48. The highest BCUT2D eigenvalue weighted by Gasteiger charge is 2.42. The van der Waals surface area contributed by atoms with Gasteiger partial charge in [-0.15, -0.1) is 0 Å². The van der Waals surface area contributed by atoms with Gasteiger partial charge in [-0.05, 0) is 30.0 Å². The highest BCUT2D eigenvalue weighted by molar-refractivity contribution is 6.42. The number of alkyl halides is 3. The van der Waals surface area contributed by atoms with Crippen LogP contribution in [-0.4, -0.2) is 59.9 Å². The number of aromatic nitrogens is 4. The first-order chi connectivity index (χ1) is 18.7. The number of carboxylic acid groups (broad SMARTS) is 1. The van der Waals surface area contributed by atoms with Crippen LogP contribution in [0.4, 0.5) is 23.8 Å². The normalized spacial score (nSPS) is 13.5. The summed E-state index contributed by atoms with van der Waals surface area (Å²) in [5.41, 5.74) is -0.609. The van der Waals surface area contributed by atoms with E-state index in [0.29, 0.717) is 24.1 Å². The summed E-state index contributed by atoms with van der Waals surface area (Å²) in [6.45, 7) is 7.38. The fourth-order valence-corrected chi connectivity index (χ4v) is 4.34.